The number of benzene rings is 6. The Morgan fingerprint density at radius 1 is 0.465 bits per heavy atom. The minimum atomic E-state index is -0.0206. The number of hydrogen-bond acceptors (Lipinski definition) is 4. The van der Waals surface area contributed by atoms with Gasteiger partial charge in [0.2, 0.25) is 0 Å². The largest absolute Gasteiger partial charge is 0.457 e. The van der Waals surface area contributed by atoms with Crippen LogP contribution in [0.4, 0.5) is 0 Å². The van der Waals surface area contributed by atoms with Crippen molar-refractivity contribution in [3.8, 4) is 23.0 Å². The molecule has 0 radical (unpaired) electrons. The van der Waals surface area contributed by atoms with Crippen LogP contribution in [-0.2, 0) is 6.42 Å². The SMILES string of the molecule is CCc1ccc(C(=O)c2ccc(Oc3ccc4ccc(Oc5ccc(C(=O)c6ccc(C)cc6)cc5)cc4c3)cc2)cc1. The Morgan fingerprint density at radius 2 is 0.837 bits per heavy atom. The van der Waals surface area contributed by atoms with Gasteiger partial charge in [-0.3, -0.25) is 9.59 Å². The standard InChI is InChI=1S/C39H30O4/c1-3-27-6-10-30(11-7-27)39(41)32-16-20-35(21-17-32)43-37-23-13-28-12-22-36(24-33(28)25-37)42-34-18-14-31(15-19-34)38(40)29-8-4-26(2)5-9-29/h4-25H,3H2,1-2H3. The van der Waals surface area contributed by atoms with E-state index in [1.165, 1.54) is 5.56 Å². The van der Waals surface area contributed by atoms with E-state index in [9.17, 15) is 9.59 Å². The van der Waals surface area contributed by atoms with Gasteiger partial charge in [-0.2, -0.15) is 0 Å². The summed E-state index contributed by atoms with van der Waals surface area (Å²) in [5, 5.41) is 2.01. The lowest BCUT2D eigenvalue weighted by molar-refractivity contribution is 0.103. The number of aryl methyl sites for hydroxylation is 2. The second-order valence-corrected chi connectivity index (χ2v) is 10.5. The van der Waals surface area contributed by atoms with E-state index in [2.05, 4.69) is 6.92 Å². The number of fused-ring (bicyclic) bond motifs is 1. The molecular weight excluding hydrogens is 532 g/mol. The van der Waals surface area contributed by atoms with Crippen molar-refractivity contribution in [2.24, 2.45) is 0 Å². The fraction of sp³-hybridized carbons (Fsp3) is 0.0769. The van der Waals surface area contributed by atoms with Crippen molar-refractivity contribution in [1.29, 1.82) is 0 Å². The normalized spacial score (nSPS) is 10.8. The molecule has 210 valence electrons. The van der Waals surface area contributed by atoms with Gasteiger partial charge in [-0.25, -0.2) is 0 Å². The Labute approximate surface area is 251 Å². The first-order valence-electron chi connectivity index (χ1n) is 14.3. The van der Waals surface area contributed by atoms with Crippen molar-refractivity contribution in [2.75, 3.05) is 0 Å². The van der Waals surface area contributed by atoms with E-state index in [0.29, 0.717) is 45.3 Å². The van der Waals surface area contributed by atoms with E-state index in [-0.39, 0.29) is 11.6 Å². The smallest absolute Gasteiger partial charge is 0.193 e. The predicted octanol–water partition coefficient (Wildman–Crippen LogP) is 9.76. The maximum Gasteiger partial charge on any atom is 0.193 e. The highest BCUT2D eigenvalue weighted by Gasteiger charge is 2.11. The number of ketones is 2. The molecule has 0 atom stereocenters. The van der Waals surface area contributed by atoms with Crippen LogP contribution < -0.4 is 9.47 Å². The Bertz CT molecular complexity index is 1900. The first-order valence-corrected chi connectivity index (χ1v) is 14.3. The lowest BCUT2D eigenvalue weighted by Gasteiger charge is -2.10. The fourth-order valence-corrected chi connectivity index (χ4v) is 4.88. The monoisotopic (exact) mass is 562 g/mol. The van der Waals surface area contributed by atoms with E-state index < -0.39 is 0 Å². The van der Waals surface area contributed by atoms with Crippen LogP contribution in [0.3, 0.4) is 0 Å². The number of carbonyl (C=O) groups is 2. The average molecular weight is 563 g/mol. The summed E-state index contributed by atoms with van der Waals surface area (Å²) in [5.41, 5.74) is 4.88. The summed E-state index contributed by atoms with van der Waals surface area (Å²) in [5.74, 6) is 2.61. The van der Waals surface area contributed by atoms with E-state index >= 15 is 0 Å². The summed E-state index contributed by atoms with van der Waals surface area (Å²) >= 11 is 0. The minimum Gasteiger partial charge on any atom is -0.457 e. The van der Waals surface area contributed by atoms with Crippen LogP contribution in [0.25, 0.3) is 10.8 Å². The lowest BCUT2D eigenvalue weighted by atomic mass is 10.0. The number of hydrogen-bond donors (Lipinski definition) is 0. The first-order chi connectivity index (χ1) is 20.9. The van der Waals surface area contributed by atoms with Gasteiger partial charge in [-0.1, -0.05) is 73.2 Å². The Morgan fingerprint density at radius 3 is 1.26 bits per heavy atom. The van der Waals surface area contributed by atoms with Crippen LogP contribution in [0.2, 0.25) is 0 Å². The lowest BCUT2D eigenvalue weighted by Crippen LogP contribution is -2.01. The van der Waals surface area contributed by atoms with Gasteiger partial charge in [0.1, 0.15) is 23.0 Å². The molecule has 0 saturated heterocycles. The highest BCUT2D eigenvalue weighted by molar-refractivity contribution is 6.09. The summed E-state index contributed by atoms with van der Waals surface area (Å²) < 4.78 is 12.2. The van der Waals surface area contributed by atoms with Gasteiger partial charge in [-0.05, 0) is 102 Å². The highest BCUT2D eigenvalue weighted by atomic mass is 16.5. The van der Waals surface area contributed by atoms with E-state index in [4.69, 9.17) is 9.47 Å². The third-order valence-corrected chi connectivity index (χ3v) is 7.43. The molecule has 0 saturated carbocycles. The zero-order chi connectivity index (χ0) is 29.8. The topological polar surface area (TPSA) is 52.6 Å². The Balaban J connectivity index is 1.13. The second-order valence-electron chi connectivity index (χ2n) is 10.5. The van der Waals surface area contributed by atoms with Crippen molar-refractivity contribution in [3.05, 3.63) is 167 Å². The number of carbonyl (C=O) groups excluding carboxylic acids is 2. The quantitative estimate of drug-likeness (QED) is 0.165. The molecule has 6 aromatic rings. The average Bonchev–Trinajstić information content (AvgIpc) is 3.05. The summed E-state index contributed by atoms with van der Waals surface area (Å²) in [6, 6.07) is 41.4. The Kier molecular flexibility index (Phi) is 7.84. The Hall–Kier alpha value is -5.48. The highest BCUT2D eigenvalue weighted by Crippen LogP contribution is 2.31. The third kappa shape index (κ3) is 6.39. The summed E-state index contributed by atoms with van der Waals surface area (Å²) in [7, 11) is 0. The summed E-state index contributed by atoms with van der Waals surface area (Å²) in [4.78, 5) is 25.7. The molecule has 0 N–H and O–H groups in total. The molecule has 0 aromatic heterocycles. The molecule has 0 bridgehead atoms. The minimum absolute atomic E-state index is 0.0139. The molecule has 43 heavy (non-hydrogen) atoms. The molecule has 4 heteroatoms. The van der Waals surface area contributed by atoms with Crippen molar-refractivity contribution in [2.45, 2.75) is 20.3 Å². The molecule has 0 aliphatic rings. The zero-order valence-electron chi connectivity index (χ0n) is 24.0. The van der Waals surface area contributed by atoms with Crippen molar-refractivity contribution < 1.29 is 19.1 Å². The molecule has 0 aliphatic carbocycles. The zero-order valence-corrected chi connectivity index (χ0v) is 24.0. The van der Waals surface area contributed by atoms with E-state index in [1.807, 2.05) is 104 Å². The van der Waals surface area contributed by atoms with Crippen LogP contribution >= 0.6 is 0 Å². The van der Waals surface area contributed by atoms with Gasteiger partial charge in [0.05, 0.1) is 0 Å². The van der Waals surface area contributed by atoms with Gasteiger partial charge in [0.15, 0.2) is 11.6 Å². The van der Waals surface area contributed by atoms with Crippen LogP contribution in [0, 0.1) is 6.92 Å². The first kappa shape index (κ1) is 27.7. The van der Waals surface area contributed by atoms with Crippen molar-refractivity contribution in [1.82, 2.24) is 0 Å². The molecule has 4 nitrogen and oxygen atoms in total. The van der Waals surface area contributed by atoms with Crippen molar-refractivity contribution >= 4 is 22.3 Å². The van der Waals surface area contributed by atoms with Gasteiger partial charge in [0, 0.05) is 22.3 Å². The van der Waals surface area contributed by atoms with Gasteiger partial charge in [0.25, 0.3) is 0 Å². The van der Waals surface area contributed by atoms with E-state index in [1.54, 1.807) is 36.4 Å². The molecule has 0 fully saturated rings. The molecule has 0 unspecified atom stereocenters. The predicted molar refractivity (Wildman–Crippen MR) is 171 cm³/mol. The van der Waals surface area contributed by atoms with Crippen LogP contribution in [0.5, 0.6) is 23.0 Å². The molecule has 0 aliphatic heterocycles. The number of ether oxygens (including phenoxy) is 2. The summed E-state index contributed by atoms with van der Waals surface area (Å²) in [6.45, 7) is 4.09. The fourth-order valence-electron chi connectivity index (χ4n) is 4.88. The third-order valence-electron chi connectivity index (χ3n) is 7.43. The van der Waals surface area contributed by atoms with Gasteiger partial charge in [-0.15, -0.1) is 0 Å². The van der Waals surface area contributed by atoms with Crippen LogP contribution in [0.15, 0.2) is 133 Å². The molecule has 0 amide bonds. The van der Waals surface area contributed by atoms with Gasteiger partial charge < -0.3 is 9.47 Å². The van der Waals surface area contributed by atoms with Crippen LogP contribution in [-0.4, -0.2) is 11.6 Å². The van der Waals surface area contributed by atoms with Crippen LogP contribution in [0.1, 0.15) is 49.9 Å². The van der Waals surface area contributed by atoms with Crippen molar-refractivity contribution in [3.63, 3.8) is 0 Å². The molecular formula is C39H30O4. The van der Waals surface area contributed by atoms with Gasteiger partial charge >= 0.3 is 0 Å². The maximum absolute atomic E-state index is 12.9. The molecule has 0 heterocycles. The molecule has 6 rings (SSSR count). The second kappa shape index (κ2) is 12.2. The molecule has 6 aromatic carbocycles. The summed E-state index contributed by atoms with van der Waals surface area (Å²) in [6.07, 6.45) is 0.940. The maximum atomic E-state index is 12.9. The number of rotatable bonds is 9. The van der Waals surface area contributed by atoms with E-state index in [0.717, 1.165) is 22.8 Å². The molecule has 0 spiro atoms.